The number of amides is 2. The molecule has 0 fully saturated rings. The van der Waals surface area contributed by atoms with Gasteiger partial charge in [-0.25, -0.2) is 0 Å². The minimum Gasteiger partial charge on any atom is -0.545 e. The first-order valence-corrected chi connectivity index (χ1v) is 10.9. The molecule has 0 aliphatic rings. The first-order chi connectivity index (χ1) is 15.4. The van der Waals surface area contributed by atoms with Crippen molar-refractivity contribution in [1.82, 2.24) is 20.1 Å². The maximum Gasteiger partial charge on any atom is 0.251 e. The Morgan fingerprint density at radius 2 is 1.81 bits per heavy atom. The molecule has 2 N–H and O–H groups in total. The summed E-state index contributed by atoms with van der Waals surface area (Å²) in [5, 5.41) is 25.2. The fourth-order valence-corrected chi connectivity index (χ4v) is 3.71. The van der Waals surface area contributed by atoms with Gasteiger partial charge in [-0.2, -0.15) is 0 Å². The van der Waals surface area contributed by atoms with Crippen LogP contribution in [-0.2, 0) is 17.9 Å². The lowest BCUT2D eigenvalue weighted by Gasteiger charge is -2.09. The normalized spacial score (nSPS) is 10.6. The Bertz CT molecular complexity index is 1130. The zero-order valence-corrected chi connectivity index (χ0v) is 18.4. The van der Waals surface area contributed by atoms with Gasteiger partial charge in [0.15, 0.2) is 11.0 Å². The predicted octanol–water partition coefficient (Wildman–Crippen LogP) is 1.63. The number of hydrogen-bond donors (Lipinski definition) is 2. The fraction of sp³-hybridized carbons (Fsp3) is 0.227. The molecule has 0 saturated heterocycles. The van der Waals surface area contributed by atoms with E-state index in [0.29, 0.717) is 28.8 Å². The highest BCUT2D eigenvalue weighted by molar-refractivity contribution is 7.99. The Labute approximate surface area is 189 Å². The van der Waals surface area contributed by atoms with Gasteiger partial charge in [-0.05, 0) is 43.7 Å². The molecule has 3 rings (SSSR count). The van der Waals surface area contributed by atoms with E-state index in [1.165, 1.54) is 30.0 Å². The maximum absolute atomic E-state index is 12.3. The molecule has 0 bridgehead atoms. The van der Waals surface area contributed by atoms with Crippen molar-refractivity contribution in [2.24, 2.45) is 0 Å². The second-order valence-corrected chi connectivity index (χ2v) is 7.84. The van der Waals surface area contributed by atoms with Crippen LogP contribution in [0.2, 0.25) is 0 Å². The summed E-state index contributed by atoms with van der Waals surface area (Å²) in [6.45, 7) is 4.65. The highest BCUT2D eigenvalue weighted by atomic mass is 32.2. The number of hydrogen-bond acceptors (Lipinski definition) is 7. The Hall–Kier alpha value is -3.66. The number of benzene rings is 2. The standard InChI is InChI=1S/C22H23N5O4S/c1-3-27-18(12-23-20(29)15-9-7-14(2)8-10-15)25-26-22(27)32-13-19(28)24-17-6-4-5-16(11-17)21(30)31/h4-11H,3,12-13H2,1-2H3,(H,23,29)(H,24,28)(H,30,31)/p-1. The SMILES string of the molecule is CCn1c(CNC(=O)c2ccc(C)cc2)nnc1SCC(=O)Nc1cccc(C(=O)[O-])c1. The molecule has 2 amide bonds. The molecule has 32 heavy (non-hydrogen) atoms. The number of aryl methyl sites for hydroxylation is 1. The van der Waals surface area contributed by atoms with Gasteiger partial charge in [0.25, 0.3) is 5.91 Å². The summed E-state index contributed by atoms with van der Waals surface area (Å²) in [6, 6.07) is 13.1. The predicted molar refractivity (Wildman–Crippen MR) is 118 cm³/mol. The van der Waals surface area contributed by atoms with E-state index in [0.717, 1.165) is 5.56 Å². The number of carboxylic acids is 1. The Balaban J connectivity index is 1.56. The van der Waals surface area contributed by atoms with Gasteiger partial charge in [0, 0.05) is 17.8 Å². The van der Waals surface area contributed by atoms with Crippen LogP contribution in [-0.4, -0.2) is 38.3 Å². The van der Waals surface area contributed by atoms with Gasteiger partial charge in [0.1, 0.15) is 0 Å². The monoisotopic (exact) mass is 452 g/mol. The van der Waals surface area contributed by atoms with Gasteiger partial charge in [0.2, 0.25) is 5.91 Å². The molecule has 0 radical (unpaired) electrons. The van der Waals surface area contributed by atoms with Gasteiger partial charge < -0.3 is 25.1 Å². The second kappa shape index (κ2) is 10.6. The third-order valence-corrected chi connectivity index (χ3v) is 5.51. The molecule has 1 aromatic heterocycles. The highest BCUT2D eigenvalue weighted by Crippen LogP contribution is 2.18. The van der Waals surface area contributed by atoms with Crippen LogP contribution in [0.25, 0.3) is 0 Å². The minimum absolute atomic E-state index is 0.0153. The van der Waals surface area contributed by atoms with E-state index in [4.69, 9.17) is 0 Å². The molecule has 3 aromatic rings. The lowest BCUT2D eigenvalue weighted by molar-refractivity contribution is -0.255. The largest absolute Gasteiger partial charge is 0.545 e. The molecule has 0 unspecified atom stereocenters. The number of carboxylic acid groups (broad SMARTS) is 1. The third kappa shape index (κ3) is 5.94. The van der Waals surface area contributed by atoms with E-state index in [-0.39, 0.29) is 29.7 Å². The first kappa shape index (κ1) is 23.0. The summed E-state index contributed by atoms with van der Waals surface area (Å²) >= 11 is 1.20. The summed E-state index contributed by atoms with van der Waals surface area (Å²) in [7, 11) is 0. The van der Waals surface area contributed by atoms with E-state index in [1.807, 2.05) is 30.5 Å². The average molecular weight is 453 g/mol. The van der Waals surface area contributed by atoms with Gasteiger partial charge in [0.05, 0.1) is 18.3 Å². The van der Waals surface area contributed by atoms with Gasteiger partial charge in [-0.15, -0.1) is 10.2 Å². The zero-order chi connectivity index (χ0) is 23.1. The highest BCUT2D eigenvalue weighted by Gasteiger charge is 2.15. The van der Waals surface area contributed by atoms with Crippen molar-refractivity contribution in [2.75, 3.05) is 11.1 Å². The van der Waals surface area contributed by atoms with E-state index < -0.39 is 5.97 Å². The average Bonchev–Trinajstić information content (AvgIpc) is 3.18. The fourth-order valence-electron chi connectivity index (χ4n) is 2.89. The number of anilines is 1. The van der Waals surface area contributed by atoms with Crippen molar-refractivity contribution in [1.29, 1.82) is 0 Å². The van der Waals surface area contributed by atoms with Crippen molar-refractivity contribution in [3.8, 4) is 0 Å². The molecule has 0 saturated carbocycles. The number of aromatic carboxylic acids is 1. The van der Waals surface area contributed by atoms with Crippen LogP contribution in [0.1, 0.15) is 39.0 Å². The molecular formula is C22H22N5O4S-. The van der Waals surface area contributed by atoms with E-state index >= 15 is 0 Å². The lowest BCUT2D eigenvalue weighted by Crippen LogP contribution is -2.24. The number of nitrogens with zero attached hydrogens (tertiary/aromatic N) is 3. The van der Waals surface area contributed by atoms with Crippen LogP contribution in [0.4, 0.5) is 5.69 Å². The van der Waals surface area contributed by atoms with Gasteiger partial charge >= 0.3 is 0 Å². The van der Waals surface area contributed by atoms with E-state index in [1.54, 1.807) is 18.2 Å². The molecule has 0 aliphatic heterocycles. The summed E-state index contributed by atoms with van der Waals surface area (Å²) in [4.78, 5) is 35.5. The topological polar surface area (TPSA) is 129 Å². The van der Waals surface area contributed by atoms with E-state index in [9.17, 15) is 19.5 Å². The molecule has 1 heterocycles. The van der Waals surface area contributed by atoms with Gasteiger partial charge in [-0.1, -0.05) is 41.6 Å². The van der Waals surface area contributed by atoms with Crippen molar-refractivity contribution in [3.05, 3.63) is 71.0 Å². The lowest BCUT2D eigenvalue weighted by atomic mass is 10.1. The van der Waals surface area contributed by atoms with Crippen LogP contribution in [0.5, 0.6) is 0 Å². The molecule has 2 aromatic carbocycles. The van der Waals surface area contributed by atoms with Crippen molar-refractivity contribution in [3.63, 3.8) is 0 Å². The van der Waals surface area contributed by atoms with Crippen molar-refractivity contribution in [2.45, 2.75) is 32.1 Å². The first-order valence-electron chi connectivity index (χ1n) is 9.88. The van der Waals surface area contributed by atoms with Crippen molar-refractivity contribution < 1.29 is 19.5 Å². The molecule has 166 valence electrons. The second-order valence-electron chi connectivity index (χ2n) is 6.90. The zero-order valence-electron chi connectivity index (χ0n) is 17.6. The quantitative estimate of drug-likeness (QED) is 0.472. The van der Waals surface area contributed by atoms with Gasteiger partial charge in [-0.3, -0.25) is 9.59 Å². The van der Waals surface area contributed by atoms with E-state index in [2.05, 4.69) is 20.8 Å². The summed E-state index contributed by atoms with van der Waals surface area (Å²) in [5.41, 5.74) is 1.99. The Morgan fingerprint density at radius 1 is 1.06 bits per heavy atom. The molecule has 9 nitrogen and oxygen atoms in total. The summed E-state index contributed by atoms with van der Waals surface area (Å²) < 4.78 is 1.82. The number of carbonyl (C=O) groups excluding carboxylic acids is 3. The van der Waals surface area contributed by atoms with Crippen LogP contribution in [0.15, 0.2) is 53.7 Å². The Kier molecular flexibility index (Phi) is 7.61. The maximum atomic E-state index is 12.3. The number of carbonyl (C=O) groups is 3. The molecule has 0 atom stereocenters. The summed E-state index contributed by atoms with van der Waals surface area (Å²) in [6.07, 6.45) is 0. The molecule has 10 heteroatoms. The van der Waals surface area contributed by atoms with Crippen LogP contribution in [0, 0.1) is 6.92 Å². The number of thioether (sulfide) groups is 1. The molecule has 0 spiro atoms. The number of aromatic nitrogens is 3. The number of nitrogens with one attached hydrogen (secondary N) is 2. The third-order valence-electron chi connectivity index (χ3n) is 4.54. The van der Waals surface area contributed by atoms with Crippen LogP contribution in [0.3, 0.4) is 0 Å². The van der Waals surface area contributed by atoms with Crippen LogP contribution >= 0.6 is 11.8 Å². The molecular weight excluding hydrogens is 430 g/mol. The summed E-state index contributed by atoms with van der Waals surface area (Å²) in [5.74, 6) is -1.19. The Morgan fingerprint density at radius 3 is 2.50 bits per heavy atom. The minimum atomic E-state index is -1.31. The number of rotatable bonds is 9. The van der Waals surface area contributed by atoms with Crippen molar-refractivity contribution >= 4 is 35.2 Å². The smallest absolute Gasteiger partial charge is 0.251 e. The molecule has 0 aliphatic carbocycles. The van der Waals surface area contributed by atoms with Crippen LogP contribution < -0.4 is 15.7 Å².